The lowest BCUT2D eigenvalue weighted by molar-refractivity contribution is -0.129. The Balaban J connectivity index is 2.12. The Morgan fingerprint density at radius 2 is 2.17 bits per heavy atom. The molecule has 0 saturated carbocycles. The van der Waals surface area contributed by atoms with E-state index in [1.165, 1.54) is 23.9 Å². The van der Waals surface area contributed by atoms with Gasteiger partial charge >= 0.3 is 5.97 Å². The normalized spacial score (nSPS) is 19.4. The molecule has 8 heteroatoms. The number of nitrogens with zero attached hydrogens (tertiary/aromatic N) is 2. The molecule has 0 radical (unpaired) electrons. The van der Waals surface area contributed by atoms with Crippen LogP contribution in [0.15, 0.2) is 29.3 Å². The summed E-state index contributed by atoms with van der Waals surface area (Å²) in [6.45, 7) is 4.77. The number of rotatable bonds is 5. The standard InChI is InChI=1S/C16H19N3O4S/c1-3-17-16-19(4-2)13(20)9-12(24-16)14(21)18-11-7-5-6-10(8-11)15(22)23/h5-8,12H,3-4,9H2,1-2H3,(H,18,21)(H,22,23). The zero-order valence-corrected chi connectivity index (χ0v) is 14.3. The molecule has 0 aromatic heterocycles. The summed E-state index contributed by atoms with van der Waals surface area (Å²) < 4.78 is 0. The fourth-order valence-corrected chi connectivity index (χ4v) is 3.48. The van der Waals surface area contributed by atoms with Crippen molar-refractivity contribution in [3.8, 4) is 0 Å². The zero-order chi connectivity index (χ0) is 17.7. The van der Waals surface area contributed by atoms with Crippen LogP contribution in [0.5, 0.6) is 0 Å². The topological polar surface area (TPSA) is 99.1 Å². The summed E-state index contributed by atoms with van der Waals surface area (Å²) in [7, 11) is 0. The molecular weight excluding hydrogens is 330 g/mol. The quantitative estimate of drug-likeness (QED) is 0.848. The molecule has 0 bridgehead atoms. The Hall–Kier alpha value is -2.35. The van der Waals surface area contributed by atoms with E-state index in [0.29, 0.717) is 23.9 Å². The molecule has 1 atom stereocenters. The first kappa shape index (κ1) is 18.0. The molecule has 1 fully saturated rings. The van der Waals surface area contributed by atoms with Crippen LogP contribution in [0.2, 0.25) is 0 Å². The SMILES string of the molecule is CCN=C1SC(C(=O)Nc2cccc(C(=O)O)c2)CC(=O)N1CC. The van der Waals surface area contributed by atoms with Gasteiger partial charge < -0.3 is 10.4 Å². The maximum atomic E-state index is 12.4. The number of benzene rings is 1. The molecule has 7 nitrogen and oxygen atoms in total. The lowest BCUT2D eigenvalue weighted by Crippen LogP contribution is -2.45. The van der Waals surface area contributed by atoms with Gasteiger partial charge in [0.25, 0.3) is 0 Å². The van der Waals surface area contributed by atoms with Crippen LogP contribution in [0.4, 0.5) is 5.69 Å². The summed E-state index contributed by atoms with van der Waals surface area (Å²) in [6, 6.07) is 6.00. The van der Waals surface area contributed by atoms with Crippen molar-refractivity contribution in [1.82, 2.24) is 4.90 Å². The number of carboxylic acids is 1. The van der Waals surface area contributed by atoms with Gasteiger partial charge in [-0.3, -0.25) is 19.5 Å². The molecule has 2 amide bonds. The first-order valence-corrected chi connectivity index (χ1v) is 8.49. The van der Waals surface area contributed by atoms with Gasteiger partial charge in [0.2, 0.25) is 11.8 Å². The van der Waals surface area contributed by atoms with E-state index >= 15 is 0 Å². The number of nitrogens with one attached hydrogen (secondary N) is 1. The van der Waals surface area contributed by atoms with Crippen LogP contribution < -0.4 is 5.32 Å². The van der Waals surface area contributed by atoms with Crippen molar-refractivity contribution in [3.05, 3.63) is 29.8 Å². The van der Waals surface area contributed by atoms with Crippen LogP contribution in [0.25, 0.3) is 0 Å². The predicted octanol–water partition coefficient (Wildman–Crippen LogP) is 2.05. The van der Waals surface area contributed by atoms with Crippen molar-refractivity contribution in [2.24, 2.45) is 4.99 Å². The second-order valence-electron chi connectivity index (χ2n) is 5.08. The fourth-order valence-electron chi connectivity index (χ4n) is 2.28. The van der Waals surface area contributed by atoms with E-state index in [2.05, 4.69) is 10.3 Å². The molecule has 0 spiro atoms. The van der Waals surface area contributed by atoms with E-state index in [-0.39, 0.29) is 23.8 Å². The Labute approximate surface area is 144 Å². The number of carboxylic acid groups (broad SMARTS) is 1. The van der Waals surface area contributed by atoms with Crippen molar-refractivity contribution in [2.75, 3.05) is 18.4 Å². The molecule has 1 heterocycles. The first-order chi connectivity index (χ1) is 11.5. The minimum atomic E-state index is -1.07. The van der Waals surface area contributed by atoms with E-state index in [1.54, 1.807) is 17.0 Å². The highest BCUT2D eigenvalue weighted by atomic mass is 32.2. The zero-order valence-electron chi connectivity index (χ0n) is 13.5. The van der Waals surface area contributed by atoms with Crippen LogP contribution >= 0.6 is 11.8 Å². The maximum Gasteiger partial charge on any atom is 0.335 e. The third-order valence-electron chi connectivity index (χ3n) is 3.42. The molecule has 1 aliphatic rings. The van der Waals surface area contributed by atoms with Gasteiger partial charge in [-0.1, -0.05) is 17.8 Å². The van der Waals surface area contributed by atoms with Gasteiger partial charge in [0.15, 0.2) is 5.17 Å². The van der Waals surface area contributed by atoms with Crippen LogP contribution in [0.1, 0.15) is 30.6 Å². The Morgan fingerprint density at radius 3 is 2.79 bits per heavy atom. The highest BCUT2D eigenvalue weighted by Crippen LogP contribution is 2.27. The summed E-state index contributed by atoms with van der Waals surface area (Å²) in [5.41, 5.74) is 0.477. The summed E-state index contributed by atoms with van der Waals surface area (Å²) in [4.78, 5) is 41.5. The van der Waals surface area contributed by atoms with Gasteiger partial charge in [0.05, 0.1) is 5.56 Å². The van der Waals surface area contributed by atoms with Crippen LogP contribution in [-0.4, -0.2) is 51.3 Å². The van der Waals surface area contributed by atoms with Crippen LogP contribution in [-0.2, 0) is 9.59 Å². The fraction of sp³-hybridized carbons (Fsp3) is 0.375. The van der Waals surface area contributed by atoms with Crippen molar-refractivity contribution >= 4 is 40.4 Å². The third-order valence-corrected chi connectivity index (χ3v) is 4.64. The Bertz CT molecular complexity index is 690. The van der Waals surface area contributed by atoms with Gasteiger partial charge in [-0.2, -0.15) is 0 Å². The van der Waals surface area contributed by atoms with Crippen LogP contribution in [0.3, 0.4) is 0 Å². The van der Waals surface area contributed by atoms with E-state index in [0.717, 1.165) is 0 Å². The van der Waals surface area contributed by atoms with E-state index in [4.69, 9.17) is 5.11 Å². The van der Waals surface area contributed by atoms with Crippen molar-refractivity contribution in [2.45, 2.75) is 25.5 Å². The summed E-state index contributed by atoms with van der Waals surface area (Å²) in [6.07, 6.45) is 0.0890. The van der Waals surface area contributed by atoms with E-state index < -0.39 is 11.2 Å². The average Bonchev–Trinajstić information content (AvgIpc) is 2.55. The van der Waals surface area contributed by atoms with E-state index in [9.17, 15) is 14.4 Å². The van der Waals surface area contributed by atoms with Gasteiger partial charge in [-0.05, 0) is 32.0 Å². The minimum absolute atomic E-state index is 0.0885. The average molecular weight is 349 g/mol. The molecule has 24 heavy (non-hydrogen) atoms. The van der Waals surface area contributed by atoms with Gasteiger partial charge in [0, 0.05) is 25.2 Å². The number of amides is 2. The predicted molar refractivity (Wildman–Crippen MR) is 93.4 cm³/mol. The summed E-state index contributed by atoms with van der Waals surface area (Å²) >= 11 is 1.26. The first-order valence-electron chi connectivity index (χ1n) is 7.62. The molecular formula is C16H19N3O4S. The molecule has 128 valence electrons. The van der Waals surface area contributed by atoms with Gasteiger partial charge in [-0.15, -0.1) is 0 Å². The highest BCUT2D eigenvalue weighted by Gasteiger charge is 2.34. The summed E-state index contributed by atoms with van der Waals surface area (Å²) in [5.74, 6) is -1.54. The molecule has 0 aliphatic carbocycles. The number of hydrogen-bond donors (Lipinski definition) is 2. The number of carbonyl (C=O) groups is 3. The van der Waals surface area contributed by atoms with Crippen molar-refractivity contribution < 1.29 is 19.5 Å². The lowest BCUT2D eigenvalue weighted by atomic mass is 10.2. The second kappa shape index (κ2) is 7.96. The molecule has 1 aromatic rings. The molecule has 1 aromatic carbocycles. The number of aliphatic imine (C=N–C) groups is 1. The maximum absolute atomic E-state index is 12.4. The second-order valence-corrected chi connectivity index (χ2v) is 6.25. The van der Waals surface area contributed by atoms with Gasteiger partial charge in [0.1, 0.15) is 5.25 Å². The smallest absolute Gasteiger partial charge is 0.335 e. The number of amidine groups is 1. The van der Waals surface area contributed by atoms with Crippen molar-refractivity contribution in [1.29, 1.82) is 0 Å². The molecule has 1 aliphatic heterocycles. The largest absolute Gasteiger partial charge is 0.478 e. The molecule has 1 saturated heterocycles. The molecule has 1 unspecified atom stereocenters. The molecule has 2 N–H and O–H groups in total. The van der Waals surface area contributed by atoms with E-state index in [1.807, 2.05) is 13.8 Å². The highest BCUT2D eigenvalue weighted by molar-refractivity contribution is 8.15. The molecule has 2 rings (SSSR count). The number of anilines is 1. The number of hydrogen-bond acceptors (Lipinski definition) is 5. The number of thioether (sulfide) groups is 1. The Kier molecular flexibility index (Phi) is 5.97. The number of aromatic carboxylic acids is 1. The van der Waals surface area contributed by atoms with Crippen molar-refractivity contribution in [3.63, 3.8) is 0 Å². The van der Waals surface area contributed by atoms with Gasteiger partial charge in [-0.25, -0.2) is 4.79 Å². The third kappa shape index (κ3) is 4.14. The Morgan fingerprint density at radius 1 is 1.42 bits per heavy atom. The summed E-state index contributed by atoms with van der Waals surface area (Å²) in [5, 5.41) is 11.6. The number of carbonyl (C=O) groups excluding carboxylic acids is 2. The lowest BCUT2D eigenvalue weighted by Gasteiger charge is -2.30. The minimum Gasteiger partial charge on any atom is -0.478 e. The monoisotopic (exact) mass is 349 g/mol. The van der Waals surface area contributed by atoms with Crippen LogP contribution in [0, 0.1) is 0 Å².